The third kappa shape index (κ3) is 4.90. The predicted octanol–water partition coefficient (Wildman–Crippen LogP) is 5.03. The molecule has 0 bridgehead atoms. The topological polar surface area (TPSA) is 69.0 Å². The summed E-state index contributed by atoms with van der Waals surface area (Å²) in [5.41, 5.74) is 5.77. The van der Waals surface area contributed by atoms with Crippen molar-refractivity contribution >= 4 is 16.9 Å². The quantitative estimate of drug-likeness (QED) is 0.415. The Morgan fingerprint density at radius 2 is 1.82 bits per heavy atom. The minimum absolute atomic E-state index is 0.00430. The van der Waals surface area contributed by atoms with Gasteiger partial charge in [0.05, 0.1) is 19.0 Å². The smallest absolute Gasteiger partial charge is 0.221 e. The molecule has 2 aromatic heterocycles. The van der Waals surface area contributed by atoms with Crippen LogP contribution in [0.15, 0.2) is 60.7 Å². The Labute approximate surface area is 194 Å². The zero-order valence-electron chi connectivity index (χ0n) is 19.6. The number of pyridine rings is 1. The van der Waals surface area contributed by atoms with Crippen molar-refractivity contribution in [2.75, 3.05) is 13.7 Å². The van der Waals surface area contributed by atoms with Crippen LogP contribution in [0, 0.1) is 13.8 Å². The van der Waals surface area contributed by atoms with E-state index in [1.165, 1.54) is 5.56 Å². The van der Waals surface area contributed by atoms with E-state index in [0.29, 0.717) is 19.5 Å². The molecule has 2 heterocycles. The lowest BCUT2D eigenvalue weighted by molar-refractivity contribution is -0.121. The number of rotatable bonds is 8. The number of fused-ring (bicyclic) bond motifs is 1. The fraction of sp³-hybridized carbons (Fsp3) is 0.296. The van der Waals surface area contributed by atoms with Crippen molar-refractivity contribution in [3.05, 3.63) is 77.5 Å². The zero-order chi connectivity index (χ0) is 23.4. The molecule has 4 aromatic rings. The van der Waals surface area contributed by atoms with Gasteiger partial charge >= 0.3 is 0 Å². The Balaban J connectivity index is 1.55. The number of nitrogens with zero attached hydrogens (tertiary/aromatic N) is 3. The maximum atomic E-state index is 12.6. The molecular formula is C27H30N4O2. The van der Waals surface area contributed by atoms with E-state index in [-0.39, 0.29) is 11.8 Å². The fourth-order valence-corrected chi connectivity index (χ4v) is 4.16. The molecule has 0 aliphatic rings. The molecule has 0 saturated heterocycles. The van der Waals surface area contributed by atoms with Gasteiger partial charge in [0.2, 0.25) is 5.91 Å². The van der Waals surface area contributed by atoms with Crippen molar-refractivity contribution in [3.63, 3.8) is 0 Å². The first-order valence-corrected chi connectivity index (χ1v) is 11.3. The molecular weight excluding hydrogens is 412 g/mol. The lowest BCUT2D eigenvalue weighted by Crippen LogP contribution is -2.28. The van der Waals surface area contributed by atoms with E-state index >= 15 is 0 Å². The Morgan fingerprint density at radius 1 is 1.09 bits per heavy atom. The number of carbonyl (C=O) groups excluding carboxylic acids is 1. The molecule has 0 spiro atoms. The van der Waals surface area contributed by atoms with Crippen LogP contribution in [-0.4, -0.2) is 34.3 Å². The average molecular weight is 443 g/mol. The molecule has 33 heavy (non-hydrogen) atoms. The van der Waals surface area contributed by atoms with Gasteiger partial charge < -0.3 is 10.1 Å². The Hall–Kier alpha value is -3.67. The summed E-state index contributed by atoms with van der Waals surface area (Å²) in [5.74, 6) is 1.02. The third-order valence-corrected chi connectivity index (χ3v) is 5.91. The summed E-state index contributed by atoms with van der Waals surface area (Å²) < 4.78 is 7.42. The van der Waals surface area contributed by atoms with Crippen molar-refractivity contribution in [2.24, 2.45) is 0 Å². The van der Waals surface area contributed by atoms with Crippen LogP contribution >= 0.6 is 0 Å². The summed E-state index contributed by atoms with van der Waals surface area (Å²) in [7, 11) is 1.66. The summed E-state index contributed by atoms with van der Waals surface area (Å²) in [6.07, 6.45) is 0.332. The average Bonchev–Trinajstić information content (AvgIpc) is 3.20. The van der Waals surface area contributed by atoms with Crippen molar-refractivity contribution in [2.45, 2.75) is 39.7 Å². The van der Waals surface area contributed by atoms with Gasteiger partial charge in [-0.2, -0.15) is 5.10 Å². The molecule has 1 atom stereocenters. The van der Waals surface area contributed by atoms with Crippen LogP contribution < -0.4 is 10.1 Å². The van der Waals surface area contributed by atoms with Gasteiger partial charge in [0.15, 0.2) is 5.65 Å². The van der Waals surface area contributed by atoms with Crippen molar-refractivity contribution in [3.8, 4) is 17.0 Å². The molecule has 1 N–H and O–H groups in total. The van der Waals surface area contributed by atoms with Gasteiger partial charge in [-0.05, 0) is 49.1 Å². The van der Waals surface area contributed by atoms with E-state index in [0.717, 1.165) is 39.3 Å². The minimum Gasteiger partial charge on any atom is -0.496 e. The van der Waals surface area contributed by atoms with Gasteiger partial charge in [0.1, 0.15) is 11.4 Å². The number of aryl methyl sites for hydroxylation is 3. The molecule has 0 radical (unpaired) electrons. The van der Waals surface area contributed by atoms with E-state index in [9.17, 15) is 4.79 Å². The standard InChI is InChI=1S/C27H30N4O2/c1-18-16-20(3)29-27-25(18)26(22-12-8-9-13-23(22)33-4)30-31(27)15-14-24(32)28-17-19(2)21-10-6-5-7-11-21/h5-13,16,19H,14-15,17H2,1-4H3,(H,28,32)/t19-/m0/s1. The second-order valence-electron chi connectivity index (χ2n) is 8.42. The first kappa shape index (κ1) is 22.5. The van der Waals surface area contributed by atoms with Crippen LogP contribution in [0.4, 0.5) is 0 Å². The number of nitrogens with one attached hydrogen (secondary N) is 1. The van der Waals surface area contributed by atoms with E-state index in [4.69, 9.17) is 14.8 Å². The summed E-state index contributed by atoms with van der Waals surface area (Å²) in [6, 6.07) is 20.1. The second kappa shape index (κ2) is 9.86. The van der Waals surface area contributed by atoms with E-state index < -0.39 is 0 Å². The molecule has 0 saturated carbocycles. The number of carbonyl (C=O) groups is 1. The van der Waals surface area contributed by atoms with Crippen molar-refractivity contribution in [1.29, 1.82) is 0 Å². The van der Waals surface area contributed by atoms with Gasteiger partial charge in [0, 0.05) is 24.2 Å². The normalized spacial score (nSPS) is 12.0. The van der Waals surface area contributed by atoms with E-state index in [1.807, 2.05) is 54.1 Å². The van der Waals surface area contributed by atoms with Crippen LogP contribution in [0.25, 0.3) is 22.3 Å². The fourth-order valence-electron chi connectivity index (χ4n) is 4.16. The number of aromatic nitrogens is 3. The van der Waals surface area contributed by atoms with Crippen LogP contribution in [0.3, 0.4) is 0 Å². The lowest BCUT2D eigenvalue weighted by Gasteiger charge is -2.13. The molecule has 170 valence electrons. The Kier molecular flexibility index (Phi) is 6.73. The maximum absolute atomic E-state index is 12.6. The number of amides is 1. The summed E-state index contributed by atoms with van der Waals surface area (Å²) in [6.45, 7) is 7.22. The Morgan fingerprint density at radius 3 is 2.58 bits per heavy atom. The van der Waals surface area contributed by atoms with Crippen LogP contribution in [-0.2, 0) is 11.3 Å². The highest BCUT2D eigenvalue weighted by molar-refractivity contribution is 5.95. The van der Waals surface area contributed by atoms with Crippen molar-refractivity contribution < 1.29 is 9.53 Å². The number of methoxy groups -OCH3 is 1. The zero-order valence-corrected chi connectivity index (χ0v) is 19.6. The van der Waals surface area contributed by atoms with Gasteiger partial charge in [-0.1, -0.05) is 49.4 Å². The first-order valence-electron chi connectivity index (χ1n) is 11.3. The van der Waals surface area contributed by atoms with Gasteiger partial charge in [0.25, 0.3) is 0 Å². The summed E-state index contributed by atoms with van der Waals surface area (Å²) in [4.78, 5) is 17.4. The number of ether oxygens (including phenoxy) is 1. The minimum atomic E-state index is 0.00430. The summed E-state index contributed by atoms with van der Waals surface area (Å²) in [5, 5.41) is 8.93. The molecule has 6 heteroatoms. The molecule has 0 aliphatic heterocycles. The third-order valence-electron chi connectivity index (χ3n) is 5.91. The highest BCUT2D eigenvalue weighted by Gasteiger charge is 2.19. The lowest BCUT2D eigenvalue weighted by atomic mass is 10.0. The van der Waals surface area contributed by atoms with Gasteiger partial charge in [-0.25, -0.2) is 9.67 Å². The van der Waals surface area contributed by atoms with Crippen LogP contribution in [0.2, 0.25) is 0 Å². The highest BCUT2D eigenvalue weighted by Crippen LogP contribution is 2.35. The van der Waals surface area contributed by atoms with E-state index in [2.05, 4.69) is 37.4 Å². The monoisotopic (exact) mass is 442 g/mol. The van der Waals surface area contributed by atoms with Crippen molar-refractivity contribution in [1.82, 2.24) is 20.1 Å². The van der Waals surface area contributed by atoms with E-state index in [1.54, 1.807) is 7.11 Å². The molecule has 0 aliphatic carbocycles. The largest absolute Gasteiger partial charge is 0.496 e. The molecule has 2 aromatic carbocycles. The SMILES string of the molecule is COc1ccccc1-c1nn(CCC(=O)NC[C@H](C)c2ccccc2)c2nc(C)cc(C)c12. The molecule has 4 rings (SSSR count). The van der Waals surface area contributed by atoms with Crippen LogP contribution in [0.1, 0.15) is 36.1 Å². The van der Waals surface area contributed by atoms with Gasteiger partial charge in [-0.3, -0.25) is 4.79 Å². The first-order chi connectivity index (χ1) is 16.0. The number of hydrogen-bond acceptors (Lipinski definition) is 4. The molecule has 0 fully saturated rings. The predicted molar refractivity (Wildman–Crippen MR) is 131 cm³/mol. The maximum Gasteiger partial charge on any atom is 0.221 e. The number of benzene rings is 2. The van der Waals surface area contributed by atoms with Gasteiger partial charge in [-0.15, -0.1) is 0 Å². The Bertz CT molecular complexity index is 1260. The molecule has 0 unspecified atom stereocenters. The highest BCUT2D eigenvalue weighted by atomic mass is 16.5. The summed E-state index contributed by atoms with van der Waals surface area (Å²) >= 11 is 0. The van der Waals surface area contributed by atoms with Crippen LogP contribution in [0.5, 0.6) is 5.75 Å². The molecule has 6 nitrogen and oxygen atoms in total. The number of hydrogen-bond donors (Lipinski definition) is 1. The number of para-hydroxylation sites is 1. The second-order valence-corrected chi connectivity index (χ2v) is 8.42. The molecule has 1 amide bonds.